The summed E-state index contributed by atoms with van der Waals surface area (Å²) in [6, 6.07) is -6.18. The lowest BCUT2D eigenvalue weighted by Crippen LogP contribution is -2.56. The van der Waals surface area contributed by atoms with Crippen molar-refractivity contribution in [3.05, 3.63) is 0 Å². The summed E-state index contributed by atoms with van der Waals surface area (Å²) in [5.41, 5.74) is 11.1. The summed E-state index contributed by atoms with van der Waals surface area (Å²) in [7, 11) is 0. The van der Waals surface area contributed by atoms with Gasteiger partial charge >= 0.3 is 5.97 Å². The number of amides is 9. The quantitative estimate of drug-likeness (QED) is 0.0579. The van der Waals surface area contributed by atoms with Crippen LogP contribution in [0.5, 0.6) is 0 Å². The highest BCUT2D eigenvalue weighted by Crippen LogP contribution is 2.27. The van der Waals surface area contributed by atoms with Gasteiger partial charge in [-0.05, 0) is 64.3 Å². The van der Waals surface area contributed by atoms with E-state index in [0.29, 0.717) is 51.6 Å². The van der Waals surface area contributed by atoms with Crippen molar-refractivity contribution in [1.82, 2.24) is 45.8 Å². The van der Waals surface area contributed by atoms with Crippen LogP contribution in [0.25, 0.3) is 0 Å². The van der Waals surface area contributed by atoms with E-state index in [9.17, 15) is 58.2 Å². The number of carboxylic acid groups (broad SMARTS) is 1. The molecule has 11 N–H and O–H groups in total. The van der Waals surface area contributed by atoms with E-state index < -0.39 is 127 Å². The Hall–Kier alpha value is -5.46. The highest BCUT2D eigenvalue weighted by molar-refractivity contribution is 5.98. The molecule has 5 saturated heterocycles. The van der Waals surface area contributed by atoms with E-state index in [1.165, 1.54) is 19.6 Å². The molecular formula is C39H61N11O13. The summed E-state index contributed by atoms with van der Waals surface area (Å²) in [6.45, 7) is -1.31. The minimum Gasteiger partial charge on any atom is -0.480 e. The highest BCUT2D eigenvalue weighted by Gasteiger charge is 2.47. The van der Waals surface area contributed by atoms with Gasteiger partial charge in [0.2, 0.25) is 53.2 Å². The molecule has 0 spiro atoms. The second kappa shape index (κ2) is 22.2. The number of β-amino-alcohol motifs (C(OH)–C–C–N with tert-alkyl or cyclic N) is 2. The average Bonchev–Trinajstić information content (AvgIpc) is 4.12. The molecule has 0 saturated carbocycles. The van der Waals surface area contributed by atoms with Crippen LogP contribution in [-0.2, 0) is 47.9 Å². The number of hydrogen-bond donors (Lipinski definition) is 9. The van der Waals surface area contributed by atoms with E-state index in [1.54, 1.807) is 0 Å². The fourth-order valence-electron chi connectivity index (χ4n) is 9.17. The standard InChI is InChI=1S/C39H61N11O13/c40-10-2-1-6-24(34(58)44-19-33(56)57)45-37(61)25-7-3-11-46(25)31(54)17-42-35(59)29-15-23(52)21-50(29)39(63)27-9-5-13-48(27)32(55)18-43-36(60)28-14-22(51)20-49(28)38(62)26-8-4-12-47(26)30(53)16-41/h22-29,51-52H,1-21,40-41H2,(H,42,59)(H,43,60)(H,44,58)(H,45,61)(H,56,57)/t22-,23-,24+,25+,26+,27+,28+,29+/m1/s1. The Balaban J connectivity index is 1.14. The topological polar surface area (TPSA) is 348 Å². The van der Waals surface area contributed by atoms with Crippen LogP contribution in [-0.4, -0.2) is 213 Å². The molecule has 63 heavy (non-hydrogen) atoms. The predicted octanol–water partition coefficient (Wildman–Crippen LogP) is -6.11. The third-order valence-electron chi connectivity index (χ3n) is 12.3. The fraction of sp³-hybridized carbons (Fsp3) is 0.744. The molecule has 24 heteroatoms. The first-order chi connectivity index (χ1) is 30.1. The molecule has 9 amide bonds. The van der Waals surface area contributed by atoms with E-state index in [4.69, 9.17) is 16.6 Å². The Bertz CT molecular complexity index is 1770. The van der Waals surface area contributed by atoms with Crippen molar-refractivity contribution < 1.29 is 63.3 Å². The third kappa shape index (κ3) is 12.0. The number of carboxylic acids is 1. The summed E-state index contributed by atoms with van der Waals surface area (Å²) < 4.78 is 0. The van der Waals surface area contributed by atoms with Gasteiger partial charge in [0.25, 0.3) is 0 Å². The van der Waals surface area contributed by atoms with Gasteiger partial charge in [0, 0.05) is 45.6 Å². The second-order valence-corrected chi connectivity index (χ2v) is 16.6. The van der Waals surface area contributed by atoms with Gasteiger partial charge < -0.3 is 72.6 Å². The van der Waals surface area contributed by atoms with Crippen LogP contribution in [0.15, 0.2) is 0 Å². The maximum atomic E-state index is 14.0. The molecule has 0 bridgehead atoms. The van der Waals surface area contributed by atoms with Crippen LogP contribution in [0, 0.1) is 0 Å². The van der Waals surface area contributed by atoms with Gasteiger partial charge in [-0.3, -0.25) is 47.9 Å². The maximum absolute atomic E-state index is 14.0. The van der Waals surface area contributed by atoms with E-state index in [-0.39, 0.29) is 64.8 Å². The molecule has 8 atom stereocenters. The zero-order chi connectivity index (χ0) is 46.0. The number of hydrogen-bond acceptors (Lipinski definition) is 14. The first-order valence-electron chi connectivity index (χ1n) is 21.7. The van der Waals surface area contributed by atoms with Crippen molar-refractivity contribution in [1.29, 1.82) is 0 Å². The Kier molecular flexibility index (Phi) is 17.2. The minimum atomic E-state index is -1.26. The van der Waals surface area contributed by atoms with Crippen LogP contribution >= 0.6 is 0 Å². The first-order valence-corrected chi connectivity index (χ1v) is 21.7. The molecule has 0 aromatic rings. The van der Waals surface area contributed by atoms with E-state index in [2.05, 4.69) is 21.3 Å². The Labute approximate surface area is 363 Å². The van der Waals surface area contributed by atoms with Gasteiger partial charge in [0.05, 0.1) is 31.8 Å². The number of nitrogens with one attached hydrogen (secondary N) is 4. The summed E-state index contributed by atoms with van der Waals surface area (Å²) >= 11 is 0. The van der Waals surface area contributed by atoms with Gasteiger partial charge in [0.15, 0.2) is 0 Å². The Morgan fingerprint density at radius 3 is 1.48 bits per heavy atom. The summed E-state index contributed by atoms with van der Waals surface area (Å²) in [5.74, 6) is -6.73. The minimum absolute atomic E-state index is 0.0809. The van der Waals surface area contributed by atoms with Gasteiger partial charge in [0.1, 0.15) is 42.8 Å². The van der Waals surface area contributed by atoms with Gasteiger partial charge in [-0.1, -0.05) is 0 Å². The molecule has 0 radical (unpaired) electrons. The smallest absolute Gasteiger partial charge is 0.322 e. The van der Waals surface area contributed by atoms with E-state index in [0.717, 1.165) is 4.90 Å². The molecule has 24 nitrogen and oxygen atoms in total. The van der Waals surface area contributed by atoms with Gasteiger partial charge in [-0.15, -0.1) is 0 Å². The Morgan fingerprint density at radius 1 is 0.556 bits per heavy atom. The molecule has 0 aromatic heterocycles. The molecule has 0 aliphatic carbocycles. The lowest BCUT2D eigenvalue weighted by Gasteiger charge is -2.32. The number of nitrogens with two attached hydrogens (primary N) is 2. The maximum Gasteiger partial charge on any atom is 0.322 e. The van der Waals surface area contributed by atoms with Crippen molar-refractivity contribution in [2.24, 2.45) is 11.5 Å². The van der Waals surface area contributed by atoms with Crippen LogP contribution in [0.3, 0.4) is 0 Å². The molecule has 5 heterocycles. The number of aliphatic hydroxyl groups excluding tert-OH is 2. The van der Waals surface area contributed by atoms with Crippen LogP contribution in [0.1, 0.15) is 70.6 Å². The normalized spacial score (nSPS) is 26.1. The second-order valence-electron chi connectivity index (χ2n) is 16.6. The molecule has 5 fully saturated rings. The third-order valence-corrected chi connectivity index (χ3v) is 12.3. The van der Waals surface area contributed by atoms with Crippen LogP contribution in [0.4, 0.5) is 0 Å². The molecule has 0 aromatic carbocycles. The number of aliphatic carboxylic acids is 1. The molecular weight excluding hydrogens is 830 g/mol. The predicted molar refractivity (Wildman–Crippen MR) is 217 cm³/mol. The highest BCUT2D eigenvalue weighted by atomic mass is 16.4. The lowest BCUT2D eigenvalue weighted by molar-refractivity contribution is -0.147. The monoisotopic (exact) mass is 891 g/mol. The summed E-state index contributed by atoms with van der Waals surface area (Å²) in [6.07, 6.45) is 1.26. The molecule has 350 valence electrons. The summed E-state index contributed by atoms with van der Waals surface area (Å²) in [5, 5.41) is 39.8. The lowest BCUT2D eigenvalue weighted by atomic mass is 10.1. The first kappa shape index (κ1) is 48.6. The molecule has 5 aliphatic heterocycles. The van der Waals surface area contributed by atoms with Crippen molar-refractivity contribution >= 4 is 59.1 Å². The zero-order valence-electron chi connectivity index (χ0n) is 35.3. The summed E-state index contributed by atoms with van der Waals surface area (Å²) in [4.78, 5) is 137. The number of carbonyl (C=O) groups is 10. The van der Waals surface area contributed by atoms with Gasteiger partial charge in [-0.25, -0.2) is 0 Å². The van der Waals surface area contributed by atoms with E-state index in [1.807, 2.05) is 0 Å². The fourth-order valence-corrected chi connectivity index (χ4v) is 9.17. The number of carbonyl (C=O) groups excluding carboxylic acids is 9. The van der Waals surface area contributed by atoms with Crippen LogP contribution in [0.2, 0.25) is 0 Å². The number of likely N-dealkylation sites (tertiary alicyclic amines) is 5. The molecule has 5 rings (SSSR count). The number of unbranched alkanes of at least 4 members (excludes halogenated alkanes) is 1. The molecule has 5 aliphatic rings. The van der Waals surface area contributed by atoms with Crippen LogP contribution < -0.4 is 32.7 Å². The number of rotatable bonds is 18. The largest absolute Gasteiger partial charge is 0.480 e. The number of nitrogens with zero attached hydrogens (tertiary/aromatic N) is 5. The number of aliphatic hydroxyl groups is 2. The van der Waals surface area contributed by atoms with Crippen molar-refractivity contribution in [2.45, 2.75) is 119 Å². The Morgan fingerprint density at radius 2 is 1.02 bits per heavy atom. The molecule has 0 unspecified atom stereocenters. The van der Waals surface area contributed by atoms with Crippen molar-refractivity contribution in [3.8, 4) is 0 Å². The van der Waals surface area contributed by atoms with Crippen molar-refractivity contribution in [3.63, 3.8) is 0 Å². The zero-order valence-corrected chi connectivity index (χ0v) is 35.3. The SMILES string of the molecule is NCCCC[C@H](NC(=O)[C@@H]1CCCN1C(=O)CNC(=O)[C@@H]1C[C@@H](O)CN1C(=O)[C@@H]1CCCN1C(=O)CNC(=O)[C@@H]1C[C@@H](O)CN1C(=O)[C@@H]1CCCN1C(=O)CN)C(=O)NCC(=O)O. The van der Waals surface area contributed by atoms with E-state index >= 15 is 0 Å². The van der Waals surface area contributed by atoms with Crippen molar-refractivity contribution in [2.75, 3.05) is 65.4 Å². The average molecular weight is 892 g/mol. The van der Waals surface area contributed by atoms with Gasteiger partial charge in [-0.2, -0.15) is 0 Å².